The molecular weight excluding hydrogens is 607 g/mol. The third kappa shape index (κ3) is 5.64. The molecule has 0 N–H and O–H groups in total. The number of rotatable bonds is 6. The van der Waals surface area contributed by atoms with Crippen LogP contribution in [0.1, 0.15) is 17.5 Å². The summed E-state index contributed by atoms with van der Waals surface area (Å²) in [4.78, 5) is 14.6. The fourth-order valence-electron chi connectivity index (χ4n) is 6.91. The molecule has 50 heavy (non-hydrogen) atoms. The van der Waals surface area contributed by atoms with Crippen molar-refractivity contribution < 1.29 is 0 Å². The van der Waals surface area contributed by atoms with Gasteiger partial charge in [-0.05, 0) is 87.0 Å². The van der Waals surface area contributed by atoms with Crippen LogP contribution in [0, 0.1) is 12.1 Å². The molecule has 6 aromatic carbocycles. The topological polar surface area (TPSA) is 38.7 Å². The van der Waals surface area contributed by atoms with Gasteiger partial charge >= 0.3 is 0 Å². The number of fused-ring (bicyclic) bond motifs is 2. The van der Waals surface area contributed by atoms with Gasteiger partial charge in [0.2, 0.25) is 0 Å². The first-order valence-corrected chi connectivity index (χ1v) is 17.0. The Morgan fingerprint density at radius 2 is 1.20 bits per heavy atom. The van der Waals surface area contributed by atoms with Gasteiger partial charge in [0.05, 0.1) is 11.4 Å². The van der Waals surface area contributed by atoms with Crippen molar-refractivity contribution >= 4 is 16.8 Å². The molecule has 0 unspecified atom stereocenters. The third-order valence-electron chi connectivity index (χ3n) is 9.55. The maximum absolute atomic E-state index is 5.15. The van der Waals surface area contributed by atoms with Gasteiger partial charge in [-0.3, -0.25) is 4.98 Å². The minimum atomic E-state index is 0.685. The Hall–Kier alpha value is -6.63. The van der Waals surface area contributed by atoms with Crippen molar-refractivity contribution in [2.24, 2.45) is 0 Å². The van der Waals surface area contributed by atoms with Gasteiger partial charge in [-0.2, -0.15) is 0 Å². The zero-order valence-electron chi connectivity index (χ0n) is 27.3. The average molecular weight is 638 g/mol. The van der Waals surface area contributed by atoms with Crippen LogP contribution in [0.25, 0.3) is 84.1 Å². The first kappa shape index (κ1) is 29.5. The summed E-state index contributed by atoms with van der Waals surface area (Å²) < 4.78 is 0. The van der Waals surface area contributed by atoms with Crippen molar-refractivity contribution in [2.45, 2.75) is 12.8 Å². The summed E-state index contributed by atoms with van der Waals surface area (Å²) in [6.07, 6.45) is 10.4. The van der Waals surface area contributed by atoms with E-state index < -0.39 is 0 Å². The lowest BCUT2D eigenvalue weighted by Crippen LogP contribution is -1.97. The number of aromatic nitrogens is 3. The van der Waals surface area contributed by atoms with E-state index in [1.807, 2.05) is 18.3 Å². The van der Waals surface area contributed by atoms with Gasteiger partial charge in [0.1, 0.15) is 0 Å². The van der Waals surface area contributed by atoms with Crippen LogP contribution in [0.2, 0.25) is 0 Å². The molecule has 1 aliphatic rings. The number of hydrogen-bond acceptors (Lipinski definition) is 3. The number of nitrogens with zero attached hydrogens (tertiary/aromatic N) is 3. The van der Waals surface area contributed by atoms with E-state index >= 15 is 0 Å². The molecule has 2 aromatic heterocycles. The summed E-state index contributed by atoms with van der Waals surface area (Å²) in [7, 11) is 0. The van der Waals surface area contributed by atoms with E-state index in [4.69, 9.17) is 9.97 Å². The number of hydrogen-bond donors (Lipinski definition) is 0. The highest BCUT2D eigenvalue weighted by Gasteiger charge is 2.14. The third-order valence-corrected chi connectivity index (χ3v) is 9.55. The Morgan fingerprint density at radius 3 is 1.94 bits per heavy atom. The largest absolute Gasteiger partial charge is 0.264 e. The number of allylic oxidation sites excluding steroid dienone is 1. The molecule has 234 valence electrons. The Morgan fingerprint density at radius 1 is 0.540 bits per heavy atom. The summed E-state index contributed by atoms with van der Waals surface area (Å²) >= 11 is 0. The second-order valence-corrected chi connectivity index (χ2v) is 12.6. The van der Waals surface area contributed by atoms with Gasteiger partial charge in [0.25, 0.3) is 0 Å². The van der Waals surface area contributed by atoms with E-state index in [0.29, 0.717) is 5.82 Å². The van der Waals surface area contributed by atoms with Gasteiger partial charge in [-0.25, -0.2) is 9.97 Å². The lowest BCUT2D eigenvalue weighted by Gasteiger charge is -2.15. The van der Waals surface area contributed by atoms with Gasteiger partial charge in [-0.1, -0.05) is 140 Å². The van der Waals surface area contributed by atoms with E-state index in [1.54, 1.807) is 6.20 Å². The molecule has 0 amide bonds. The predicted molar refractivity (Wildman–Crippen MR) is 205 cm³/mol. The SMILES string of the molecule is c1ccc2cccc(-c3ccc(-c4nc(-c5ccc(-c6cccnc6)cc5)cc(-c5ccc(-c6cccc7c6C=CCC7)cc5)n4)cc3)c2c#1. The average Bonchev–Trinajstić information content (AvgIpc) is 3.21. The minimum Gasteiger partial charge on any atom is -0.264 e. The van der Waals surface area contributed by atoms with Crippen molar-refractivity contribution in [3.05, 3.63) is 181 Å². The summed E-state index contributed by atoms with van der Waals surface area (Å²) in [6.45, 7) is 0. The van der Waals surface area contributed by atoms with Crippen molar-refractivity contribution in [1.82, 2.24) is 15.0 Å². The molecule has 0 saturated heterocycles. The highest BCUT2D eigenvalue weighted by atomic mass is 14.9. The standard InChI is InChI=1S/C47H31N3/c1-3-13-41-33(8-1)10-5-15-43(41)35-19-25-38(26-20-35)46-30-45(37-23-17-32(18-24-37)40-12-7-29-48-31-40)49-47(50-46)39-27-21-36(22-28-39)44-16-6-11-34-9-2-4-14-42(34)44/h2-3,5-7,9-13,15-31H,1,8H2. The van der Waals surface area contributed by atoms with Gasteiger partial charge < -0.3 is 0 Å². The van der Waals surface area contributed by atoms with Gasteiger partial charge in [0.15, 0.2) is 5.82 Å². The molecule has 0 spiro atoms. The van der Waals surface area contributed by atoms with Crippen molar-refractivity contribution in [1.29, 1.82) is 0 Å². The van der Waals surface area contributed by atoms with Crippen molar-refractivity contribution in [3.8, 4) is 67.3 Å². The fourth-order valence-corrected chi connectivity index (χ4v) is 6.91. The molecule has 9 rings (SSSR count). The Balaban J connectivity index is 1.11. The second kappa shape index (κ2) is 12.8. The Bertz CT molecular complexity index is 2490. The maximum Gasteiger partial charge on any atom is 0.160 e. The van der Waals surface area contributed by atoms with Crippen molar-refractivity contribution in [3.63, 3.8) is 0 Å². The van der Waals surface area contributed by atoms with Crippen LogP contribution in [0.4, 0.5) is 0 Å². The van der Waals surface area contributed by atoms with E-state index in [1.165, 1.54) is 22.3 Å². The van der Waals surface area contributed by atoms with Crippen molar-refractivity contribution in [2.75, 3.05) is 0 Å². The molecule has 2 heterocycles. The lowest BCUT2D eigenvalue weighted by molar-refractivity contribution is 0.986. The van der Waals surface area contributed by atoms with Crippen LogP contribution >= 0.6 is 0 Å². The molecule has 3 heteroatoms. The first-order chi connectivity index (χ1) is 24.8. The van der Waals surface area contributed by atoms with Crippen LogP contribution < -0.4 is 0 Å². The zero-order chi connectivity index (χ0) is 33.3. The van der Waals surface area contributed by atoms with Crippen LogP contribution in [-0.4, -0.2) is 15.0 Å². The summed E-state index contributed by atoms with van der Waals surface area (Å²) in [5.41, 5.74) is 14.4. The molecule has 0 atom stereocenters. The highest BCUT2D eigenvalue weighted by Crippen LogP contribution is 2.35. The lowest BCUT2D eigenvalue weighted by atomic mass is 9.89. The smallest absolute Gasteiger partial charge is 0.160 e. The van der Waals surface area contributed by atoms with E-state index in [9.17, 15) is 0 Å². The maximum atomic E-state index is 5.15. The van der Waals surface area contributed by atoms with Crippen LogP contribution in [0.3, 0.4) is 0 Å². The molecule has 0 saturated carbocycles. The van der Waals surface area contributed by atoms with E-state index in [2.05, 4.69) is 157 Å². The molecule has 8 aromatic rings. The highest BCUT2D eigenvalue weighted by molar-refractivity contribution is 5.95. The quantitative estimate of drug-likeness (QED) is 0.182. The summed E-state index contributed by atoms with van der Waals surface area (Å²) in [6, 6.07) is 55.3. The number of pyridine rings is 1. The minimum absolute atomic E-state index is 0.685. The molecule has 1 aliphatic carbocycles. The molecule has 0 fully saturated rings. The Kier molecular flexibility index (Phi) is 7.53. The van der Waals surface area contributed by atoms with Crippen LogP contribution in [-0.2, 0) is 6.42 Å². The van der Waals surface area contributed by atoms with E-state index in [0.717, 1.165) is 73.9 Å². The molecule has 0 aliphatic heterocycles. The normalized spacial score (nSPS) is 12.0. The van der Waals surface area contributed by atoms with Gasteiger partial charge in [0, 0.05) is 34.5 Å². The molecule has 3 nitrogen and oxygen atoms in total. The molecule has 0 radical (unpaired) electrons. The van der Waals surface area contributed by atoms with Crippen LogP contribution in [0.15, 0.2) is 158 Å². The molecule has 0 bridgehead atoms. The zero-order valence-corrected chi connectivity index (χ0v) is 27.3. The second-order valence-electron chi connectivity index (χ2n) is 12.6. The van der Waals surface area contributed by atoms with Crippen LogP contribution in [0.5, 0.6) is 0 Å². The van der Waals surface area contributed by atoms with E-state index in [-0.39, 0.29) is 0 Å². The first-order valence-electron chi connectivity index (χ1n) is 17.0. The fraction of sp³-hybridized carbons (Fsp3) is 0.0426. The number of aryl methyl sites for hydroxylation is 1. The summed E-state index contributed by atoms with van der Waals surface area (Å²) in [5, 5.41) is 2.21. The molecular formula is C47H31N3. The summed E-state index contributed by atoms with van der Waals surface area (Å²) in [5.74, 6) is 0.685. The monoisotopic (exact) mass is 637 g/mol. The van der Waals surface area contributed by atoms with Gasteiger partial charge in [-0.15, -0.1) is 0 Å². The Labute approximate surface area is 292 Å². The number of benzene rings is 5. The predicted octanol–water partition coefficient (Wildman–Crippen LogP) is 11.6.